The van der Waals surface area contributed by atoms with E-state index in [1.165, 1.54) is 0 Å². The number of hydrogen-bond donors (Lipinski definition) is 0. The van der Waals surface area contributed by atoms with Crippen molar-refractivity contribution in [3.8, 4) is 11.8 Å². The van der Waals surface area contributed by atoms with Crippen molar-refractivity contribution in [2.24, 2.45) is 0 Å². The third-order valence-corrected chi connectivity index (χ3v) is 4.60. The number of fused-ring (bicyclic) bond motifs is 1. The standard InChI is InChI=1S/C23H29N3O5/c1-26(18-8-10-19(28-3)11-9-18)22-20-6-4-5-7-21(20)24-23(25-22)31-17-16-30-15-14-29-13-12-27-2/h4-11H,12-17H2,1-3H3. The second-order valence-corrected chi connectivity index (χ2v) is 6.67. The molecule has 166 valence electrons. The van der Waals surface area contributed by atoms with Crippen molar-refractivity contribution >= 4 is 22.4 Å². The van der Waals surface area contributed by atoms with E-state index >= 15 is 0 Å². The molecular weight excluding hydrogens is 398 g/mol. The van der Waals surface area contributed by atoms with Crippen molar-refractivity contribution in [3.05, 3.63) is 48.5 Å². The van der Waals surface area contributed by atoms with Gasteiger partial charge in [-0.1, -0.05) is 12.1 Å². The third kappa shape index (κ3) is 6.52. The van der Waals surface area contributed by atoms with Gasteiger partial charge in [0.15, 0.2) is 0 Å². The lowest BCUT2D eigenvalue weighted by atomic mass is 10.2. The molecule has 0 amide bonds. The number of aromatic nitrogens is 2. The van der Waals surface area contributed by atoms with Crippen LogP contribution in [0.1, 0.15) is 0 Å². The molecule has 31 heavy (non-hydrogen) atoms. The topological polar surface area (TPSA) is 75.2 Å². The van der Waals surface area contributed by atoms with Crippen LogP contribution in [0, 0.1) is 0 Å². The molecule has 0 saturated carbocycles. The molecule has 8 nitrogen and oxygen atoms in total. The normalized spacial score (nSPS) is 10.9. The smallest absolute Gasteiger partial charge is 0.319 e. The number of methoxy groups -OCH3 is 2. The molecule has 0 aliphatic heterocycles. The molecular formula is C23H29N3O5. The minimum absolute atomic E-state index is 0.314. The van der Waals surface area contributed by atoms with Crippen LogP contribution in [-0.4, -0.2) is 70.9 Å². The summed E-state index contributed by atoms with van der Waals surface area (Å²) in [6.07, 6.45) is 0. The quantitative estimate of drug-likeness (QED) is 0.384. The van der Waals surface area contributed by atoms with Gasteiger partial charge in [0.25, 0.3) is 0 Å². The van der Waals surface area contributed by atoms with Gasteiger partial charge in [0, 0.05) is 25.2 Å². The minimum atomic E-state index is 0.314. The van der Waals surface area contributed by atoms with Gasteiger partial charge >= 0.3 is 6.01 Å². The van der Waals surface area contributed by atoms with Crippen molar-refractivity contribution in [1.29, 1.82) is 0 Å². The summed E-state index contributed by atoms with van der Waals surface area (Å²) in [6, 6.07) is 16.0. The zero-order chi connectivity index (χ0) is 21.9. The number of anilines is 2. The van der Waals surface area contributed by atoms with Crippen molar-refractivity contribution < 1.29 is 23.7 Å². The highest BCUT2D eigenvalue weighted by molar-refractivity contribution is 5.91. The van der Waals surface area contributed by atoms with Gasteiger partial charge in [0.1, 0.15) is 18.2 Å². The fraction of sp³-hybridized carbons (Fsp3) is 0.391. The largest absolute Gasteiger partial charge is 0.497 e. The van der Waals surface area contributed by atoms with Crippen molar-refractivity contribution in [2.45, 2.75) is 0 Å². The highest BCUT2D eigenvalue weighted by atomic mass is 16.6. The van der Waals surface area contributed by atoms with Gasteiger partial charge in [-0.25, -0.2) is 0 Å². The molecule has 0 unspecified atom stereocenters. The Hall–Kier alpha value is -2.94. The Morgan fingerprint density at radius 3 is 2.16 bits per heavy atom. The van der Waals surface area contributed by atoms with E-state index in [2.05, 4.69) is 9.97 Å². The maximum absolute atomic E-state index is 5.77. The van der Waals surface area contributed by atoms with Gasteiger partial charge in [0.05, 0.1) is 45.7 Å². The first-order chi connectivity index (χ1) is 15.2. The van der Waals surface area contributed by atoms with Crippen LogP contribution in [-0.2, 0) is 14.2 Å². The van der Waals surface area contributed by atoms with Crippen LogP contribution in [0.3, 0.4) is 0 Å². The SMILES string of the molecule is COCCOCCOCCOc1nc(N(C)c2ccc(OC)cc2)c2ccccc2n1. The van der Waals surface area contributed by atoms with Crippen LogP contribution < -0.4 is 14.4 Å². The summed E-state index contributed by atoms with van der Waals surface area (Å²) in [7, 11) is 5.26. The molecule has 0 fully saturated rings. The van der Waals surface area contributed by atoms with E-state index in [0.29, 0.717) is 45.7 Å². The first-order valence-corrected chi connectivity index (χ1v) is 10.1. The summed E-state index contributed by atoms with van der Waals surface area (Å²) in [6.45, 7) is 2.93. The summed E-state index contributed by atoms with van der Waals surface area (Å²) in [5.74, 6) is 1.57. The lowest BCUT2D eigenvalue weighted by Crippen LogP contribution is -2.15. The number of para-hydroxylation sites is 1. The molecule has 1 aromatic heterocycles. The molecule has 0 atom stereocenters. The highest BCUT2D eigenvalue weighted by Gasteiger charge is 2.14. The monoisotopic (exact) mass is 427 g/mol. The first-order valence-electron chi connectivity index (χ1n) is 10.1. The molecule has 2 aromatic carbocycles. The van der Waals surface area contributed by atoms with Crippen LogP contribution in [0.25, 0.3) is 10.9 Å². The van der Waals surface area contributed by atoms with Crippen LogP contribution in [0.15, 0.2) is 48.5 Å². The molecule has 8 heteroatoms. The molecule has 3 rings (SSSR count). The second kappa shape index (κ2) is 12.0. The van der Waals surface area contributed by atoms with E-state index in [4.69, 9.17) is 23.7 Å². The Kier molecular flexibility index (Phi) is 8.84. The Bertz CT molecular complexity index is 936. The molecule has 0 bridgehead atoms. The van der Waals surface area contributed by atoms with E-state index in [1.807, 2.05) is 60.5 Å². The van der Waals surface area contributed by atoms with E-state index in [9.17, 15) is 0 Å². The molecule has 0 spiro atoms. The molecule has 3 aromatic rings. The molecule has 0 saturated heterocycles. The fourth-order valence-electron chi connectivity index (χ4n) is 2.94. The van der Waals surface area contributed by atoms with Crippen molar-refractivity contribution in [3.63, 3.8) is 0 Å². The second-order valence-electron chi connectivity index (χ2n) is 6.67. The third-order valence-electron chi connectivity index (χ3n) is 4.60. The summed E-state index contributed by atoms with van der Waals surface area (Å²) in [5.41, 5.74) is 1.79. The van der Waals surface area contributed by atoms with Crippen molar-refractivity contribution in [2.75, 3.05) is 65.8 Å². The summed E-state index contributed by atoms with van der Waals surface area (Å²) in [5, 5.41) is 0.942. The Labute approximate surface area is 182 Å². The van der Waals surface area contributed by atoms with Crippen LogP contribution >= 0.6 is 0 Å². The predicted molar refractivity (Wildman–Crippen MR) is 120 cm³/mol. The van der Waals surface area contributed by atoms with Crippen LogP contribution in [0.4, 0.5) is 11.5 Å². The number of ether oxygens (including phenoxy) is 5. The van der Waals surface area contributed by atoms with Gasteiger partial charge in [-0.15, -0.1) is 0 Å². The average molecular weight is 428 g/mol. The number of hydrogen-bond acceptors (Lipinski definition) is 8. The lowest BCUT2D eigenvalue weighted by molar-refractivity contribution is 0.0173. The summed E-state index contributed by atoms with van der Waals surface area (Å²) >= 11 is 0. The van der Waals surface area contributed by atoms with E-state index in [1.54, 1.807) is 14.2 Å². The number of benzene rings is 2. The van der Waals surface area contributed by atoms with E-state index < -0.39 is 0 Å². The Balaban J connectivity index is 1.63. The zero-order valence-corrected chi connectivity index (χ0v) is 18.2. The molecule has 1 heterocycles. The van der Waals surface area contributed by atoms with Crippen molar-refractivity contribution in [1.82, 2.24) is 9.97 Å². The summed E-state index contributed by atoms with van der Waals surface area (Å²) < 4.78 is 26.8. The maximum Gasteiger partial charge on any atom is 0.319 e. The number of rotatable bonds is 13. The van der Waals surface area contributed by atoms with Crippen LogP contribution in [0.5, 0.6) is 11.8 Å². The van der Waals surface area contributed by atoms with Gasteiger partial charge in [-0.05, 0) is 36.4 Å². The fourth-order valence-corrected chi connectivity index (χ4v) is 2.94. The summed E-state index contributed by atoms with van der Waals surface area (Å²) in [4.78, 5) is 11.2. The molecule has 0 aliphatic rings. The van der Waals surface area contributed by atoms with Gasteiger partial charge in [0.2, 0.25) is 0 Å². The zero-order valence-electron chi connectivity index (χ0n) is 18.2. The molecule has 0 N–H and O–H groups in total. The molecule has 0 radical (unpaired) electrons. The van der Waals surface area contributed by atoms with E-state index in [0.717, 1.165) is 28.2 Å². The Morgan fingerprint density at radius 2 is 1.45 bits per heavy atom. The first kappa shape index (κ1) is 22.7. The van der Waals surface area contributed by atoms with Gasteiger partial charge < -0.3 is 28.6 Å². The predicted octanol–water partition coefficient (Wildman–Crippen LogP) is 3.46. The van der Waals surface area contributed by atoms with Gasteiger partial charge in [-0.3, -0.25) is 0 Å². The Morgan fingerprint density at radius 1 is 0.774 bits per heavy atom. The van der Waals surface area contributed by atoms with Gasteiger partial charge in [-0.2, -0.15) is 9.97 Å². The highest BCUT2D eigenvalue weighted by Crippen LogP contribution is 2.31. The lowest BCUT2D eigenvalue weighted by Gasteiger charge is -2.21. The minimum Gasteiger partial charge on any atom is -0.497 e. The number of nitrogens with zero attached hydrogens (tertiary/aromatic N) is 3. The maximum atomic E-state index is 5.77. The van der Waals surface area contributed by atoms with E-state index in [-0.39, 0.29) is 0 Å². The van der Waals surface area contributed by atoms with Crippen LogP contribution in [0.2, 0.25) is 0 Å². The molecule has 0 aliphatic carbocycles. The average Bonchev–Trinajstić information content (AvgIpc) is 2.82.